The fourth-order valence-electron chi connectivity index (χ4n) is 1.65. The lowest BCUT2D eigenvalue weighted by Gasteiger charge is -2.07. The van der Waals surface area contributed by atoms with E-state index < -0.39 is 0 Å². The van der Waals surface area contributed by atoms with E-state index in [1.165, 1.54) is 0 Å². The molecule has 0 unspecified atom stereocenters. The third-order valence-electron chi connectivity index (χ3n) is 2.50. The summed E-state index contributed by atoms with van der Waals surface area (Å²) in [6.07, 6.45) is 7.34. The lowest BCUT2D eigenvalue weighted by molar-refractivity contribution is 0.192. The molecule has 1 N–H and O–H groups in total. The fraction of sp³-hybridized carbons (Fsp3) is 0.750. The summed E-state index contributed by atoms with van der Waals surface area (Å²) in [6.45, 7) is 5.98. The summed E-state index contributed by atoms with van der Waals surface area (Å²) >= 11 is 0. The monoisotopic (exact) mass is 225 g/mol. The Bertz CT molecular complexity index is 273. The number of hydrogen-bond acceptors (Lipinski definition) is 3. The second-order valence-corrected chi connectivity index (χ2v) is 3.91. The van der Waals surface area contributed by atoms with Crippen LogP contribution < -0.4 is 5.32 Å². The minimum absolute atomic E-state index is 0.853. The van der Waals surface area contributed by atoms with Crippen LogP contribution in [0.4, 0.5) is 0 Å². The second-order valence-electron chi connectivity index (χ2n) is 3.91. The number of unbranched alkanes of at least 4 members (excludes halogenated alkanes) is 1. The third kappa shape index (κ3) is 4.77. The van der Waals surface area contributed by atoms with Gasteiger partial charge in [0.25, 0.3) is 0 Å². The van der Waals surface area contributed by atoms with E-state index in [0.717, 1.165) is 51.3 Å². The van der Waals surface area contributed by atoms with Gasteiger partial charge in [-0.05, 0) is 25.8 Å². The summed E-state index contributed by atoms with van der Waals surface area (Å²) in [4.78, 5) is 4.34. The van der Waals surface area contributed by atoms with Crippen LogP contribution in [0, 0.1) is 0 Å². The number of methoxy groups -OCH3 is 1. The molecule has 0 aliphatic rings. The van der Waals surface area contributed by atoms with Crippen molar-refractivity contribution in [1.29, 1.82) is 0 Å². The van der Waals surface area contributed by atoms with E-state index in [2.05, 4.69) is 21.8 Å². The molecule has 0 spiro atoms. The van der Waals surface area contributed by atoms with Crippen LogP contribution in [0.3, 0.4) is 0 Å². The standard InChI is InChI=1S/C12H23N3O/c1-3-8-15-9-7-14-12(15)11-13-6-4-5-10-16-2/h7,9,13H,3-6,8,10-11H2,1-2H3. The van der Waals surface area contributed by atoms with Crippen molar-refractivity contribution in [2.45, 2.75) is 39.3 Å². The highest BCUT2D eigenvalue weighted by Gasteiger charge is 2.00. The fourth-order valence-corrected chi connectivity index (χ4v) is 1.65. The molecule has 0 amide bonds. The highest BCUT2D eigenvalue weighted by atomic mass is 16.5. The van der Waals surface area contributed by atoms with E-state index in [-0.39, 0.29) is 0 Å². The zero-order valence-electron chi connectivity index (χ0n) is 10.4. The smallest absolute Gasteiger partial charge is 0.122 e. The van der Waals surface area contributed by atoms with Gasteiger partial charge in [0, 0.05) is 32.7 Å². The van der Waals surface area contributed by atoms with Crippen molar-refractivity contribution >= 4 is 0 Å². The third-order valence-corrected chi connectivity index (χ3v) is 2.50. The van der Waals surface area contributed by atoms with Crippen molar-refractivity contribution in [1.82, 2.24) is 14.9 Å². The van der Waals surface area contributed by atoms with Crippen LogP contribution in [-0.4, -0.2) is 29.8 Å². The average Bonchev–Trinajstić information content (AvgIpc) is 2.72. The van der Waals surface area contributed by atoms with Gasteiger partial charge in [-0.15, -0.1) is 0 Å². The number of nitrogens with zero attached hydrogens (tertiary/aromatic N) is 2. The van der Waals surface area contributed by atoms with Gasteiger partial charge in [-0.2, -0.15) is 0 Å². The molecule has 1 aromatic heterocycles. The molecule has 0 bridgehead atoms. The molecule has 92 valence electrons. The maximum absolute atomic E-state index is 5.00. The van der Waals surface area contributed by atoms with Crippen LogP contribution in [0.25, 0.3) is 0 Å². The van der Waals surface area contributed by atoms with Crippen LogP contribution >= 0.6 is 0 Å². The molecule has 4 nitrogen and oxygen atoms in total. The maximum Gasteiger partial charge on any atom is 0.122 e. The molecule has 16 heavy (non-hydrogen) atoms. The van der Waals surface area contributed by atoms with E-state index in [1.807, 2.05) is 12.4 Å². The molecule has 0 aromatic carbocycles. The van der Waals surface area contributed by atoms with Crippen molar-refractivity contribution in [3.05, 3.63) is 18.2 Å². The van der Waals surface area contributed by atoms with Crippen molar-refractivity contribution in [3.8, 4) is 0 Å². The van der Waals surface area contributed by atoms with Gasteiger partial charge >= 0.3 is 0 Å². The molecule has 1 aromatic rings. The summed E-state index contributed by atoms with van der Waals surface area (Å²) in [5, 5.41) is 3.41. The van der Waals surface area contributed by atoms with Crippen LogP contribution in [0.2, 0.25) is 0 Å². The minimum atomic E-state index is 0.853. The Labute approximate surface area is 98.0 Å². The first kappa shape index (κ1) is 13.2. The molecule has 4 heteroatoms. The van der Waals surface area contributed by atoms with Gasteiger partial charge in [-0.1, -0.05) is 6.92 Å². The predicted molar refractivity (Wildman–Crippen MR) is 65.3 cm³/mol. The van der Waals surface area contributed by atoms with Gasteiger partial charge in [0.05, 0.1) is 6.54 Å². The van der Waals surface area contributed by atoms with E-state index in [1.54, 1.807) is 7.11 Å². The topological polar surface area (TPSA) is 39.1 Å². The number of aryl methyl sites for hydroxylation is 1. The molecule has 0 aliphatic heterocycles. The Balaban J connectivity index is 2.13. The Kier molecular flexibility index (Phi) is 6.85. The van der Waals surface area contributed by atoms with Crippen LogP contribution in [0.15, 0.2) is 12.4 Å². The molecule has 0 atom stereocenters. The van der Waals surface area contributed by atoms with Crippen LogP contribution in [0.1, 0.15) is 32.0 Å². The summed E-state index contributed by atoms with van der Waals surface area (Å²) in [5.74, 6) is 1.13. The number of nitrogens with one attached hydrogen (secondary N) is 1. The van der Waals surface area contributed by atoms with E-state index in [9.17, 15) is 0 Å². The van der Waals surface area contributed by atoms with Crippen LogP contribution in [-0.2, 0) is 17.8 Å². The zero-order valence-corrected chi connectivity index (χ0v) is 10.4. The second kappa shape index (κ2) is 8.30. The quantitative estimate of drug-likeness (QED) is 0.651. The number of hydrogen-bond donors (Lipinski definition) is 1. The molecule has 0 saturated heterocycles. The highest BCUT2D eigenvalue weighted by Crippen LogP contribution is 1.99. The lowest BCUT2D eigenvalue weighted by atomic mass is 10.3. The van der Waals surface area contributed by atoms with Crippen molar-refractivity contribution in [2.24, 2.45) is 0 Å². The number of aromatic nitrogens is 2. The van der Waals surface area contributed by atoms with Crippen molar-refractivity contribution in [3.63, 3.8) is 0 Å². The summed E-state index contributed by atoms with van der Waals surface area (Å²) in [6, 6.07) is 0. The molecular formula is C12H23N3O. The summed E-state index contributed by atoms with van der Waals surface area (Å²) < 4.78 is 7.21. The average molecular weight is 225 g/mol. The van der Waals surface area contributed by atoms with Gasteiger partial charge < -0.3 is 14.6 Å². The van der Waals surface area contributed by atoms with E-state index in [0.29, 0.717) is 0 Å². The number of ether oxygens (including phenoxy) is 1. The largest absolute Gasteiger partial charge is 0.385 e. The lowest BCUT2D eigenvalue weighted by Crippen LogP contribution is -2.18. The molecular weight excluding hydrogens is 202 g/mol. The van der Waals surface area contributed by atoms with Gasteiger partial charge in [-0.3, -0.25) is 0 Å². The minimum Gasteiger partial charge on any atom is -0.385 e. The van der Waals surface area contributed by atoms with Gasteiger partial charge in [0.15, 0.2) is 0 Å². The maximum atomic E-state index is 5.00. The SMILES string of the molecule is CCCn1ccnc1CNCCCCOC. The van der Waals surface area contributed by atoms with Crippen molar-refractivity contribution < 1.29 is 4.74 Å². The van der Waals surface area contributed by atoms with E-state index >= 15 is 0 Å². The zero-order chi connectivity index (χ0) is 11.6. The first-order valence-electron chi connectivity index (χ1n) is 6.08. The Hall–Kier alpha value is -0.870. The molecule has 0 saturated carbocycles. The Morgan fingerprint density at radius 2 is 2.31 bits per heavy atom. The van der Waals surface area contributed by atoms with Gasteiger partial charge in [0.2, 0.25) is 0 Å². The first-order chi connectivity index (χ1) is 7.88. The highest BCUT2D eigenvalue weighted by molar-refractivity contribution is 4.91. The normalized spacial score (nSPS) is 10.9. The van der Waals surface area contributed by atoms with E-state index in [4.69, 9.17) is 4.74 Å². The van der Waals surface area contributed by atoms with Gasteiger partial charge in [-0.25, -0.2) is 4.98 Å². The number of imidazole rings is 1. The Morgan fingerprint density at radius 3 is 3.06 bits per heavy atom. The van der Waals surface area contributed by atoms with Gasteiger partial charge in [0.1, 0.15) is 5.82 Å². The molecule has 1 heterocycles. The first-order valence-corrected chi connectivity index (χ1v) is 6.08. The summed E-state index contributed by atoms with van der Waals surface area (Å²) in [7, 11) is 1.75. The molecule has 0 fully saturated rings. The van der Waals surface area contributed by atoms with Crippen LogP contribution in [0.5, 0.6) is 0 Å². The molecule has 0 radical (unpaired) electrons. The number of rotatable bonds is 9. The predicted octanol–water partition coefficient (Wildman–Crippen LogP) is 1.81. The molecule has 1 rings (SSSR count). The molecule has 0 aliphatic carbocycles. The summed E-state index contributed by atoms with van der Waals surface area (Å²) in [5.41, 5.74) is 0. The van der Waals surface area contributed by atoms with Crippen molar-refractivity contribution in [2.75, 3.05) is 20.3 Å². The Morgan fingerprint density at radius 1 is 1.44 bits per heavy atom.